The van der Waals surface area contributed by atoms with Gasteiger partial charge in [-0.05, 0) is 0 Å². The van der Waals surface area contributed by atoms with Crippen LogP contribution in [0.2, 0.25) is 0 Å². The van der Waals surface area contributed by atoms with Crippen molar-refractivity contribution in [3.05, 3.63) is 0 Å². The van der Waals surface area contributed by atoms with E-state index in [1.54, 1.807) is 10.6 Å². The van der Waals surface area contributed by atoms with Gasteiger partial charge >= 0.3 is 29.7 Å². The van der Waals surface area contributed by atoms with Gasteiger partial charge in [-0.1, -0.05) is 0 Å². The Kier molecular flexibility index (Phi) is 4.71. The molecule has 0 heterocycles. The molecular formula is C7H12N4O6. The van der Waals surface area contributed by atoms with Crippen LogP contribution in [0.3, 0.4) is 0 Å². The van der Waals surface area contributed by atoms with Crippen molar-refractivity contribution in [1.29, 1.82) is 0 Å². The zero-order valence-corrected chi connectivity index (χ0v) is 9.10. The van der Waals surface area contributed by atoms with Crippen molar-refractivity contribution in [2.45, 2.75) is 5.66 Å². The summed E-state index contributed by atoms with van der Waals surface area (Å²) in [5, 5.41) is 3.41. The van der Waals surface area contributed by atoms with E-state index in [9.17, 15) is 19.2 Å². The molecule has 0 aromatic carbocycles. The molecule has 0 unspecified atom stereocenters. The lowest BCUT2D eigenvalue weighted by Gasteiger charge is -2.28. The molecule has 0 atom stereocenters. The highest BCUT2D eigenvalue weighted by molar-refractivity contribution is 6.09. The normalized spacial score (nSPS) is 10.0. The van der Waals surface area contributed by atoms with E-state index in [1.807, 2.05) is 0 Å². The maximum Gasteiger partial charge on any atom is 0.365 e. The van der Waals surface area contributed by atoms with Gasteiger partial charge < -0.3 is 20.9 Å². The van der Waals surface area contributed by atoms with Crippen LogP contribution < -0.4 is 22.1 Å². The number of nitrogens with one attached hydrogen (secondary N) is 2. The van der Waals surface area contributed by atoms with Crippen LogP contribution in [0.25, 0.3) is 0 Å². The van der Waals surface area contributed by atoms with Crippen LogP contribution in [0.1, 0.15) is 0 Å². The summed E-state index contributed by atoms with van der Waals surface area (Å²) in [7, 11) is 1.84. The molecule has 0 aliphatic rings. The first-order chi connectivity index (χ1) is 7.80. The number of ether oxygens (including phenoxy) is 2. The Labute approximate surface area is 95.6 Å². The molecular weight excluding hydrogens is 236 g/mol. The molecule has 10 heteroatoms. The number of hydrogen-bond donors (Lipinski definition) is 4. The third-order valence-electron chi connectivity index (χ3n) is 1.60. The summed E-state index contributed by atoms with van der Waals surface area (Å²) in [5.74, 6) is -2.64. The Bertz CT molecular complexity index is 320. The van der Waals surface area contributed by atoms with Crippen molar-refractivity contribution in [3.63, 3.8) is 0 Å². The number of carbonyl (C=O) groups is 4. The number of rotatable bonds is 4. The number of amides is 4. The van der Waals surface area contributed by atoms with Gasteiger partial charge in [0.25, 0.3) is 0 Å². The van der Waals surface area contributed by atoms with Gasteiger partial charge in [0, 0.05) is 0 Å². The minimum absolute atomic E-state index is 0.922. The lowest BCUT2D eigenvalue weighted by Crippen LogP contribution is -2.72. The smallest absolute Gasteiger partial charge is 0.365 e. The lowest BCUT2D eigenvalue weighted by atomic mass is 10.1. The van der Waals surface area contributed by atoms with E-state index < -0.39 is 29.7 Å². The fourth-order valence-corrected chi connectivity index (χ4v) is 0.994. The molecule has 0 spiro atoms. The third kappa shape index (κ3) is 3.22. The highest BCUT2D eigenvalue weighted by Gasteiger charge is 2.51. The van der Waals surface area contributed by atoms with E-state index in [4.69, 9.17) is 11.5 Å². The molecule has 0 aliphatic heterocycles. The summed E-state index contributed by atoms with van der Waals surface area (Å²) < 4.78 is 8.52. The van der Waals surface area contributed by atoms with Crippen LogP contribution in [0.5, 0.6) is 0 Å². The van der Waals surface area contributed by atoms with Gasteiger partial charge in [0.05, 0.1) is 14.2 Å². The van der Waals surface area contributed by atoms with Crippen LogP contribution in [0.4, 0.5) is 9.59 Å². The minimum Gasteiger partial charge on any atom is -0.465 e. The van der Waals surface area contributed by atoms with Gasteiger partial charge in [0.2, 0.25) is 0 Å². The lowest BCUT2D eigenvalue weighted by molar-refractivity contribution is -0.164. The molecule has 0 rings (SSSR count). The summed E-state index contributed by atoms with van der Waals surface area (Å²) in [6.07, 6.45) is 0. The number of methoxy groups -OCH3 is 2. The van der Waals surface area contributed by atoms with Crippen molar-refractivity contribution in [1.82, 2.24) is 10.6 Å². The van der Waals surface area contributed by atoms with Crippen LogP contribution >= 0.6 is 0 Å². The number of esters is 2. The molecule has 0 aliphatic carbocycles. The topological polar surface area (TPSA) is 163 Å². The van der Waals surface area contributed by atoms with Gasteiger partial charge in [-0.15, -0.1) is 0 Å². The zero-order chi connectivity index (χ0) is 13.6. The van der Waals surface area contributed by atoms with Gasteiger partial charge in [-0.25, -0.2) is 19.2 Å². The number of urea groups is 2. The monoisotopic (exact) mass is 248 g/mol. The van der Waals surface area contributed by atoms with E-state index in [2.05, 4.69) is 9.47 Å². The standard InChI is InChI=1S/C7H12N4O6/c1-16-3(12)7(4(13)17-2,10-5(8)14)11-6(9)15/h1-2H3,(H3,8,10,14)(H3,9,11,15). The number of nitrogens with two attached hydrogens (primary N) is 2. The molecule has 0 fully saturated rings. The fourth-order valence-electron chi connectivity index (χ4n) is 0.994. The maximum atomic E-state index is 11.4. The molecule has 0 aromatic heterocycles. The van der Waals surface area contributed by atoms with Crippen LogP contribution in [0, 0.1) is 0 Å². The molecule has 17 heavy (non-hydrogen) atoms. The largest absolute Gasteiger partial charge is 0.465 e. The van der Waals surface area contributed by atoms with Crippen molar-refractivity contribution >= 4 is 24.0 Å². The van der Waals surface area contributed by atoms with Crippen molar-refractivity contribution in [2.24, 2.45) is 11.5 Å². The van der Waals surface area contributed by atoms with E-state index in [0.717, 1.165) is 14.2 Å². The Morgan fingerprint density at radius 2 is 1.18 bits per heavy atom. The first-order valence-corrected chi connectivity index (χ1v) is 4.12. The first kappa shape index (κ1) is 14.5. The molecule has 0 radical (unpaired) electrons. The van der Waals surface area contributed by atoms with Gasteiger partial charge in [-0.3, -0.25) is 10.6 Å². The first-order valence-electron chi connectivity index (χ1n) is 4.12. The molecule has 0 bridgehead atoms. The molecule has 0 saturated heterocycles. The predicted molar refractivity (Wildman–Crippen MR) is 52.2 cm³/mol. The maximum absolute atomic E-state index is 11.4. The summed E-state index contributed by atoms with van der Waals surface area (Å²) >= 11 is 0. The third-order valence-corrected chi connectivity index (χ3v) is 1.60. The highest BCUT2D eigenvalue weighted by atomic mass is 16.6. The molecule has 96 valence electrons. The van der Waals surface area contributed by atoms with Crippen molar-refractivity contribution in [3.8, 4) is 0 Å². The minimum atomic E-state index is -2.61. The SMILES string of the molecule is COC(=O)C(NC(N)=O)(NC(N)=O)C(=O)OC. The van der Waals surface area contributed by atoms with Crippen molar-refractivity contribution < 1.29 is 28.7 Å². The van der Waals surface area contributed by atoms with E-state index in [1.165, 1.54) is 0 Å². The Morgan fingerprint density at radius 3 is 1.35 bits per heavy atom. The quantitative estimate of drug-likeness (QED) is 0.241. The number of carbonyl (C=O) groups excluding carboxylic acids is 4. The Morgan fingerprint density at radius 1 is 0.882 bits per heavy atom. The van der Waals surface area contributed by atoms with E-state index >= 15 is 0 Å². The number of primary amides is 2. The second kappa shape index (κ2) is 5.53. The Hall–Kier alpha value is -2.52. The fraction of sp³-hybridized carbons (Fsp3) is 0.429. The summed E-state index contributed by atoms with van der Waals surface area (Å²) in [5.41, 5.74) is 6.95. The molecule has 0 saturated carbocycles. The average Bonchev–Trinajstić information content (AvgIpc) is 2.24. The highest BCUT2D eigenvalue weighted by Crippen LogP contribution is 2.06. The van der Waals surface area contributed by atoms with Crippen LogP contribution in [-0.2, 0) is 19.1 Å². The average molecular weight is 248 g/mol. The van der Waals surface area contributed by atoms with Crippen LogP contribution in [-0.4, -0.2) is 43.9 Å². The van der Waals surface area contributed by atoms with Crippen molar-refractivity contribution in [2.75, 3.05) is 14.2 Å². The molecule has 6 N–H and O–H groups in total. The second-order valence-corrected chi connectivity index (χ2v) is 2.71. The summed E-state index contributed by atoms with van der Waals surface area (Å²) in [6.45, 7) is 0. The predicted octanol–water partition coefficient (Wildman–Crippen LogP) is -2.63. The van der Waals surface area contributed by atoms with E-state index in [-0.39, 0.29) is 0 Å². The van der Waals surface area contributed by atoms with Gasteiger partial charge in [0.15, 0.2) is 0 Å². The van der Waals surface area contributed by atoms with Gasteiger partial charge in [0.1, 0.15) is 0 Å². The summed E-state index contributed by atoms with van der Waals surface area (Å²) in [4.78, 5) is 44.4. The van der Waals surface area contributed by atoms with E-state index in [0.29, 0.717) is 0 Å². The molecule has 10 nitrogen and oxygen atoms in total. The van der Waals surface area contributed by atoms with Crippen LogP contribution in [0.15, 0.2) is 0 Å². The zero-order valence-electron chi connectivity index (χ0n) is 9.10. The van der Waals surface area contributed by atoms with Gasteiger partial charge in [-0.2, -0.15) is 0 Å². The molecule has 0 aromatic rings. The molecule has 4 amide bonds. The Balaban J connectivity index is 5.50. The second-order valence-electron chi connectivity index (χ2n) is 2.71. The number of hydrogen-bond acceptors (Lipinski definition) is 6. The summed E-state index contributed by atoms with van der Waals surface area (Å²) in [6, 6.07) is -2.54.